The normalized spacial score (nSPS) is 13.5. The van der Waals surface area contributed by atoms with Crippen molar-refractivity contribution in [2.24, 2.45) is 0 Å². The minimum absolute atomic E-state index is 0.000995. The molecule has 0 fully saturated rings. The second-order valence-corrected chi connectivity index (χ2v) is 7.52. The molecule has 2 aromatic rings. The minimum Gasteiger partial charge on any atom is -0.374 e. The Morgan fingerprint density at radius 3 is 2.68 bits per heavy atom. The van der Waals surface area contributed by atoms with Crippen LogP contribution in [-0.2, 0) is 4.79 Å². The van der Waals surface area contributed by atoms with Gasteiger partial charge in [0.05, 0.1) is 11.3 Å². The quantitative estimate of drug-likeness (QED) is 0.759. The number of benzene rings is 1. The van der Waals surface area contributed by atoms with Crippen molar-refractivity contribution in [3.05, 3.63) is 35.9 Å². The van der Waals surface area contributed by atoms with Gasteiger partial charge in [0.2, 0.25) is 11.0 Å². The number of carbonyl (C=O) groups excluding carboxylic acids is 1. The molecule has 2 unspecified atom stereocenters. The number of nitrogens with zero attached hydrogens (tertiary/aromatic N) is 2. The van der Waals surface area contributed by atoms with Gasteiger partial charge in [0.15, 0.2) is 4.34 Å². The molecule has 22 heavy (non-hydrogen) atoms. The number of aromatic nitrogens is 2. The maximum atomic E-state index is 12.4. The second kappa shape index (κ2) is 8.14. The fraction of sp³-hybridized carbons (Fsp3) is 0.400. The molecule has 0 saturated carbocycles. The van der Waals surface area contributed by atoms with Crippen molar-refractivity contribution in [2.45, 2.75) is 42.3 Å². The van der Waals surface area contributed by atoms with Crippen LogP contribution in [0.2, 0.25) is 0 Å². The van der Waals surface area contributed by atoms with Crippen LogP contribution >= 0.6 is 23.1 Å². The van der Waals surface area contributed by atoms with Crippen LogP contribution in [-0.4, -0.2) is 21.4 Å². The Balaban J connectivity index is 1.98. The number of thioether (sulfide) groups is 1. The monoisotopic (exact) mass is 336 g/mol. The molecular formula is C15H20N4OS2. The predicted octanol–water partition coefficient (Wildman–Crippen LogP) is 3.26. The SMILES string of the molecule is CCCC(NC(=O)C(C)Sc1nnc(N)s1)c1ccccc1. The van der Waals surface area contributed by atoms with E-state index in [0.29, 0.717) is 9.47 Å². The van der Waals surface area contributed by atoms with Gasteiger partial charge in [-0.05, 0) is 18.9 Å². The van der Waals surface area contributed by atoms with Crippen molar-refractivity contribution in [1.82, 2.24) is 15.5 Å². The third kappa shape index (κ3) is 4.71. The summed E-state index contributed by atoms with van der Waals surface area (Å²) in [5, 5.41) is 11.0. The first-order valence-electron chi connectivity index (χ1n) is 7.21. The second-order valence-electron chi connectivity index (χ2n) is 4.93. The third-order valence-corrected chi connectivity index (χ3v) is 5.10. The molecule has 0 aliphatic carbocycles. The van der Waals surface area contributed by atoms with E-state index in [4.69, 9.17) is 5.73 Å². The van der Waals surface area contributed by atoms with E-state index in [2.05, 4.69) is 22.4 Å². The van der Waals surface area contributed by atoms with Crippen LogP contribution in [0.15, 0.2) is 34.7 Å². The fourth-order valence-electron chi connectivity index (χ4n) is 2.06. The Morgan fingerprint density at radius 2 is 2.09 bits per heavy atom. The number of nitrogen functional groups attached to an aromatic ring is 1. The predicted molar refractivity (Wildman–Crippen MR) is 91.9 cm³/mol. The Hall–Kier alpha value is -1.60. The average molecular weight is 336 g/mol. The molecule has 7 heteroatoms. The van der Waals surface area contributed by atoms with Crippen molar-refractivity contribution < 1.29 is 4.79 Å². The van der Waals surface area contributed by atoms with E-state index in [1.54, 1.807) is 0 Å². The molecule has 1 heterocycles. The molecular weight excluding hydrogens is 316 g/mol. The van der Waals surface area contributed by atoms with Crippen LogP contribution in [0.25, 0.3) is 0 Å². The van der Waals surface area contributed by atoms with Gasteiger partial charge in [-0.2, -0.15) is 0 Å². The van der Waals surface area contributed by atoms with Gasteiger partial charge in [0.1, 0.15) is 0 Å². The Kier molecular flexibility index (Phi) is 6.21. The summed E-state index contributed by atoms with van der Waals surface area (Å²) < 4.78 is 0.715. The molecule has 1 aromatic carbocycles. The summed E-state index contributed by atoms with van der Waals surface area (Å²) in [5.41, 5.74) is 6.69. The summed E-state index contributed by atoms with van der Waals surface area (Å²) in [5.74, 6) is 0.000995. The molecule has 0 aliphatic rings. The zero-order chi connectivity index (χ0) is 15.9. The van der Waals surface area contributed by atoms with Crippen molar-refractivity contribution in [1.29, 1.82) is 0 Å². The largest absolute Gasteiger partial charge is 0.374 e. The van der Waals surface area contributed by atoms with Crippen LogP contribution in [0.1, 0.15) is 38.3 Å². The summed E-state index contributed by atoms with van der Waals surface area (Å²) in [6, 6.07) is 10.1. The molecule has 1 amide bonds. The number of anilines is 1. The highest BCUT2D eigenvalue weighted by atomic mass is 32.2. The van der Waals surface area contributed by atoms with Crippen molar-refractivity contribution >= 4 is 34.1 Å². The molecule has 0 spiro atoms. The van der Waals surface area contributed by atoms with Gasteiger partial charge < -0.3 is 11.1 Å². The van der Waals surface area contributed by atoms with E-state index < -0.39 is 0 Å². The van der Waals surface area contributed by atoms with E-state index in [1.165, 1.54) is 23.1 Å². The van der Waals surface area contributed by atoms with E-state index in [9.17, 15) is 4.79 Å². The van der Waals surface area contributed by atoms with Gasteiger partial charge in [-0.25, -0.2) is 0 Å². The van der Waals surface area contributed by atoms with Crippen LogP contribution in [0.3, 0.4) is 0 Å². The van der Waals surface area contributed by atoms with E-state index >= 15 is 0 Å². The Labute approximate surface area is 138 Å². The highest BCUT2D eigenvalue weighted by Crippen LogP contribution is 2.28. The maximum Gasteiger partial charge on any atom is 0.233 e. The van der Waals surface area contributed by atoms with Crippen LogP contribution in [0, 0.1) is 0 Å². The first-order valence-corrected chi connectivity index (χ1v) is 8.90. The van der Waals surface area contributed by atoms with Crippen molar-refractivity contribution in [3.63, 3.8) is 0 Å². The standard InChI is InChI=1S/C15H20N4OS2/c1-3-7-12(11-8-5-4-6-9-11)17-13(20)10(2)21-15-19-18-14(16)22-15/h4-6,8-10,12H,3,7H2,1-2H3,(H2,16,18)(H,17,20). The summed E-state index contributed by atoms with van der Waals surface area (Å²) in [6.45, 7) is 3.98. The molecule has 0 radical (unpaired) electrons. The lowest BCUT2D eigenvalue weighted by molar-refractivity contribution is -0.121. The first-order chi connectivity index (χ1) is 10.6. The number of nitrogens with one attached hydrogen (secondary N) is 1. The van der Waals surface area contributed by atoms with Gasteiger partial charge in [-0.3, -0.25) is 4.79 Å². The van der Waals surface area contributed by atoms with Crippen LogP contribution in [0.5, 0.6) is 0 Å². The molecule has 5 nitrogen and oxygen atoms in total. The van der Waals surface area contributed by atoms with Crippen molar-refractivity contribution in [3.8, 4) is 0 Å². The lowest BCUT2D eigenvalue weighted by Crippen LogP contribution is -2.34. The number of nitrogens with two attached hydrogens (primary N) is 1. The van der Waals surface area contributed by atoms with Crippen LogP contribution in [0.4, 0.5) is 5.13 Å². The van der Waals surface area contributed by atoms with E-state index in [-0.39, 0.29) is 17.2 Å². The molecule has 0 aliphatic heterocycles. The Bertz CT molecular complexity index is 603. The zero-order valence-electron chi connectivity index (χ0n) is 12.7. The van der Waals surface area contributed by atoms with E-state index in [1.807, 2.05) is 37.3 Å². The smallest absolute Gasteiger partial charge is 0.233 e. The molecule has 2 atom stereocenters. The lowest BCUT2D eigenvalue weighted by Gasteiger charge is -2.20. The number of hydrogen-bond donors (Lipinski definition) is 2. The fourth-order valence-corrected chi connectivity index (χ4v) is 3.85. The highest BCUT2D eigenvalue weighted by molar-refractivity contribution is 8.02. The Morgan fingerprint density at radius 1 is 1.36 bits per heavy atom. The van der Waals surface area contributed by atoms with E-state index in [0.717, 1.165) is 18.4 Å². The molecule has 118 valence electrons. The van der Waals surface area contributed by atoms with Gasteiger partial charge in [-0.1, -0.05) is 66.8 Å². The number of carbonyl (C=O) groups is 1. The summed E-state index contributed by atoms with van der Waals surface area (Å²) >= 11 is 2.68. The minimum atomic E-state index is -0.240. The number of amides is 1. The molecule has 3 N–H and O–H groups in total. The highest BCUT2D eigenvalue weighted by Gasteiger charge is 2.20. The van der Waals surface area contributed by atoms with Gasteiger partial charge in [0, 0.05) is 0 Å². The lowest BCUT2D eigenvalue weighted by atomic mass is 10.0. The molecule has 1 aromatic heterocycles. The third-order valence-electron chi connectivity index (χ3n) is 3.16. The van der Waals surface area contributed by atoms with Crippen LogP contribution < -0.4 is 11.1 Å². The molecule has 2 rings (SSSR count). The topological polar surface area (TPSA) is 80.9 Å². The van der Waals surface area contributed by atoms with Crippen molar-refractivity contribution in [2.75, 3.05) is 5.73 Å². The maximum absolute atomic E-state index is 12.4. The summed E-state index contributed by atoms with van der Waals surface area (Å²) in [7, 11) is 0. The zero-order valence-corrected chi connectivity index (χ0v) is 14.3. The summed E-state index contributed by atoms with van der Waals surface area (Å²) in [4.78, 5) is 12.4. The average Bonchev–Trinajstić information content (AvgIpc) is 2.92. The number of rotatable bonds is 7. The summed E-state index contributed by atoms with van der Waals surface area (Å²) in [6.07, 6.45) is 1.92. The number of hydrogen-bond acceptors (Lipinski definition) is 6. The van der Waals surface area contributed by atoms with Gasteiger partial charge in [-0.15, -0.1) is 10.2 Å². The molecule has 0 saturated heterocycles. The van der Waals surface area contributed by atoms with Gasteiger partial charge in [0.25, 0.3) is 0 Å². The molecule has 0 bridgehead atoms. The first kappa shape index (κ1) is 16.8. The van der Waals surface area contributed by atoms with Gasteiger partial charge >= 0.3 is 0 Å².